The van der Waals surface area contributed by atoms with Crippen molar-refractivity contribution in [1.29, 1.82) is 0 Å². The van der Waals surface area contributed by atoms with Crippen LogP contribution in [-0.4, -0.2) is 48.8 Å². The topological polar surface area (TPSA) is 104 Å². The van der Waals surface area contributed by atoms with E-state index >= 15 is 0 Å². The summed E-state index contributed by atoms with van der Waals surface area (Å²) < 4.78 is 31.8. The Labute approximate surface area is 154 Å². The van der Waals surface area contributed by atoms with Gasteiger partial charge in [-0.15, -0.1) is 0 Å². The lowest BCUT2D eigenvalue weighted by atomic mass is 9.79. The summed E-state index contributed by atoms with van der Waals surface area (Å²) in [5.41, 5.74) is 8.33. The summed E-state index contributed by atoms with van der Waals surface area (Å²) in [7, 11) is -3.01. The lowest BCUT2D eigenvalue weighted by molar-refractivity contribution is -0.122. The molecule has 0 spiro atoms. The van der Waals surface area contributed by atoms with Crippen LogP contribution in [0, 0.1) is 5.92 Å². The molecule has 2 aliphatic heterocycles. The van der Waals surface area contributed by atoms with Crippen molar-refractivity contribution in [1.82, 2.24) is 9.78 Å². The molecule has 1 unspecified atom stereocenters. The van der Waals surface area contributed by atoms with Gasteiger partial charge in [-0.1, -0.05) is 6.92 Å². The number of carbonyl (C=O) groups excluding carboxylic acids is 1. The van der Waals surface area contributed by atoms with Crippen LogP contribution < -0.4 is 5.73 Å². The van der Waals surface area contributed by atoms with Crippen LogP contribution in [0.2, 0.25) is 0 Å². The number of nitrogens with two attached hydrogens (primary N) is 1. The molecule has 3 aliphatic rings. The number of carbonyl (C=O) groups is 1. The molecular formula is C18H27N3O4S. The summed E-state index contributed by atoms with van der Waals surface area (Å²) in [5.74, 6) is -0.0275. The highest BCUT2D eigenvalue weighted by atomic mass is 32.2. The van der Waals surface area contributed by atoms with Crippen LogP contribution >= 0.6 is 0 Å². The highest BCUT2D eigenvalue weighted by molar-refractivity contribution is 7.91. The van der Waals surface area contributed by atoms with Gasteiger partial charge in [0.25, 0.3) is 0 Å². The van der Waals surface area contributed by atoms with Crippen molar-refractivity contribution in [3.8, 4) is 0 Å². The molecule has 3 heterocycles. The van der Waals surface area contributed by atoms with E-state index in [9.17, 15) is 13.2 Å². The summed E-state index contributed by atoms with van der Waals surface area (Å²) in [4.78, 5) is 11.8. The third-order valence-corrected chi connectivity index (χ3v) is 8.22. The first-order valence-electron chi connectivity index (χ1n) is 9.47. The average Bonchev–Trinajstić information content (AvgIpc) is 3.13. The molecule has 1 aromatic heterocycles. The predicted octanol–water partition coefficient (Wildman–Crippen LogP) is 0.901. The zero-order valence-electron chi connectivity index (χ0n) is 15.2. The van der Waals surface area contributed by atoms with Crippen LogP contribution in [0.5, 0.6) is 0 Å². The van der Waals surface area contributed by atoms with Gasteiger partial charge in [0, 0.05) is 36.7 Å². The summed E-state index contributed by atoms with van der Waals surface area (Å²) in [5, 5.41) is 4.97. The van der Waals surface area contributed by atoms with E-state index < -0.39 is 15.3 Å². The average molecular weight is 381 g/mol. The van der Waals surface area contributed by atoms with Gasteiger partial charge in [-0.05, 0) is 37.7 Å². The smallest absolute Gasteiger partial charge is 0.220 e. The fourth-order valence-electron chi connectivity index (χ4n) is 4.79. The minimum Gasteiger partial charge on any atom is -0.381 e. The fourth-order valence-corrected chi connectivity index (χ4v) is 6.95. The molecule has 2 fully saturated rings. The number of fused-ring (bicyclic) bond motifs is 1. The van der Waals surface area contributed by atoms with E-state index in [4.69, 9.17) is 15.6 Å². The Hall–Kier alpha value is -1.41. The first kappa shape index (κ1) is 18.0. The standard InChI is InChI=1S/C18H27N3O4S/c1-18(6-9-26(23,24)11-18)16-14-3-2-12(17(19)22)10-15(14)21(20-16)13-4-7-25-8-5-13/h12-13H,2-11H2,1H3,(H2,19,22)/t12?,18-/m1/s1. The molecule has 26 heavy (non-hydrogen) atoms. The second kappa shape index (κ2) is 6.34. The second-order valence-corrected chi connectivity index (χ2v) is 10.5. The van der Waals surface area contributed by atoms with E-state index in [1.807, 2.05) is 6.92 Å². The number of amides is 1. The first-order valence-corrected chi connectivity index (χ1v) is 11.3. The van der Waals surface area contributed by atoms with Gasteiger partial charge in [-0.25, -0.2) is 8.42 Å². The molecule has 1 amide bonds. The maximum Gasteiger partial charge on any atom is 0.220 e. The van der Waals surface area contributed by atoms with Crippen molar-refractivity contribution in [3.05, 3.63) is 17.0 Å². The van der Waals surface area contributed by atoms with E-state index in [0.717, 1.165) is 42.6 Å². The number of nitrogens with zero attached hydrogens (tertiary/aromatic N) is 2. The summed E-state index contributed by atoms with van der Waals surface area (Å²) in [6.07, 6.45) is 4.48. The number of sulfone groups is 1. The number of ether oxygens (including phenoxy) is 1. The van der Waals surface area contributed by atoms with Gasteiger partial charge >= 0.3 is 0 Å². The van der Waals surface area contributed by atoms with Crippen LogP contribution in [0.25, 0.3) is 0 Å². The monoisotopic (exact) mass is 381 g/mol. The SMILES string of the molecule is C[C@@]1(c2nn(C3CCOCC3)c3c2CCC(C(N)=O)C3)CCS(=O)(=O)C1. The molecule has 0 aromatic carbocycles. The Morgan fingerprint density at radius 3 is 2.65 bits per heavy atom. The minimum absolute atomic E-state index is 0.161. The Morgan fingerprint density at radius 1 is 1.31 bits per heavy atom. The minimum atomic E-state index is -3.01. The number of rotatable bonds is 3. The van der Waals surface area contributed by atoms with Crippen LogP contribution in [0.1, 0.15) is 55.6 Å². The summed E-state index contributed by atoms with van der Waals surface area (Å²) in [6, 6.07) is 0.250. The second-order valence-electron chi connectivity index (χ2n) is 8.31. The van der Waals surface area contributed by atoms with E-state index in [1.54, 1.807) is 0 Å². The van der Waals surface area contributed by atoms with Crippen LogP contribution in [0.3, 0.4) is 0 Å². The molecular weight excluding hydrogens is 354 g/mol. The molecule has 0 saturated carbocycles. The lowest BCUT2D eigenvalue weighted by Gasteiger charge is -2.27. The molecule has 8 heteroatoms. The van der Waals surface area contributed by atoms with Gasteiger partial charge in [-0.3, -0.25) is 9.48 Å². The third-order valence-electron chi connectivity index (χ3n) is 6.32. The maximum atomic E-state index is 12.1. The van der Waals surface area contributed by atoms with Crippen LogP contribution in [-0.2, 0) is 37.6 Å². The maximum absolute atomic E-state index is 12.1. The zero-order valence-corrected chi connectivity index (χ0v) is 16.1. The van der Waals surface area contributed by atoms with Crippen LogP contribution in [0.15, 0.2) is 0 Å². The van der Waals surface area contributed by atoms with Gasteiger partial charge in [-0.2, -0.15) is 5.10 Å². The van der Waals surface area contributed by atoms with Gasteiger partial charge in [0.1, 0.15) is 0 Å². The molecule has 144 valence electrons. The number of hydrogen-bond donors (Lipinski definition) is 1. The molecule has 0 radical (unpaired) electrons. The molecule has 2 saturated heterocycles. The third kappa shape index (κ3) is 3.07. The van der Waals surface area contributed by atoms with Crippen molar-refractivity contribution in [2.75, 3.05) is 24.7 Å². The number of aromatic nitrogens is 2. The van der Waals surface area contributed by atoms with Gasteiger partial charge in [0.15, 0.2) is 9.84 Å². The molecule has 2 N–H and O–H groups in total. The van der Waals surface area contributed by atoms with Crippen molar-refractivity contribution in [3.63, 3.8) is 0 Å². The fraction of sp³-hybridized carbons (Fsp3) is 0.778. The Kier molecular flexibility index (Phi) is 4.38. The van der Waals surface area contributed by atoms with Gasteiger partial charge in [0.05, 0.1) is 23.2 Å². The van der Waals surface area contributed by atoms with Gasteiger partial charge in [0.2, 0.25) is 5.91 Å². The highest BCUT2D eigenvalue weighted by Crippen LogP contribution is 2.41. The number of hydrogen-bond acceptors (Lipinski definition) is 5. The van der Waals surface area contributed by atoms with E-state index in [1.165, 1.54) is 0 Å². The highest BCUT2D eigenvalue weighted by Gasteiger charge is 2.45. The molecule has 1 aliphatic carbocycles. The quantitative estimate of drug-likeness (QED) is 0.838. The first-order chi connectivity index (χ1) is 12.3. The van der Waals surface area contributed by atoms with Gasteiger partial charge < -0.3 is 10.5 Å². The molecule has 1 aromatic rings. The normalized spacial score (nSPS) is 31.7. The van der Waals surface area contributed by atoms with E-state index in [0.29, 0.717) is 26.1 Å². The zero-order chi connectivity index (χ0) is 18.5. The largest absolute Gasteiger partial charge is 0.381 e. The Morgan fingerprint density at radius 2 is 2.04 bits per heavy atom. The Bertz CT molecular complexity index is 826. The molecule has 0 bridgehead atoms. The van der Waals surface area contributed by atoms with Crippen LogP contribution in [0.4, 0.5) is 0 Å². The molecule has 2 atom stereocenters. The van der Waals surface area contributed by atoms with Crippen molar-refractivity contribution < 1.29 is 17.9 Å². The van der Waals surface area contributed by atoms with Crippen molar-refractivity contribution in [2.45, 2.75) is 56.9 Å². The van der Waals surface area contributed by atoms with Crippen molar-refractivity contribution >= 4 is 15.7 Å². The summed E-state index contributed by atoms with van der Waals surface area (Å²) in [6.45, 7) is 3.44. The molecule has 7 nitrogen and oxygen atoms in total. The lowest BCUT2D eigenvalue weighted by Crippen LogP contribution is -2.31. The summed E-state index contributed by atoms with van der Waals surface area (Å²) >= 11 is 0. The number of primary amides is 1. The Balaban J connectivity index is 1.77. The molecule has 4 rings (SSSR count). The van der Waals surface area contributed by atoms with E-state index in [-0.39, 0.29) is 29.4 Å². The van der Waals surface area contributed by atoms with E-state index in [2.05, 4.69) is 4.68 Å². The predicted molar refractivity (Wildman–Crippen MR) is 96.6 cm³/mol. The van der Waals surface area contributed by atoms with Crippen molar-refractivity contribution in [2.24, 2.45) is 11.7 Å².